The number of benzene rings is 2. The predicted molar refractivity (Wildman–Crippen MR) is 76.3 cm³/mol. The molecule has 0 spiro atoms. The molecule has 1 aliphatic rings. The Balaban J connectivity index is 2.01. The van der Waals surface area contributed by atoms with E-state index in [0.29, 0.717) is 5.56 Å². The van der Waals surface area contributed by atoms with Crippen molar-refractivity contribution in [2.24, 2.45) is 0 Å². The van der Waals surface area contributed by atoms with Gasteiger partial charge in [0.05, 0.1) is 12.0 Å². The largest absolute Gasteiger partial charge is 0.507 e. The normalized spacial score (nSPS) is 17.3. The fourth-order valence-corrected chi connectivity index (χ4v) is 2.66. The minimum atomic E-state index is -0.454. The number of halogens is 1. The molecular weight excluding hydrogens is 271 g/mol. The molecule has 3 rings (SSSR count). The van der Waals surface area contributed by atoms with Crippen LogP contribution >= 0.6 is 0 Å². The molecule has 0 aliphatic carbocycles. The number of phenolic OH excluding ortho intramolecular Hbond substituents is 1. The molecule has 2 aromatic carbocycles. The third kappa shape index (κ3) is 2.37. The SMILES string of the molecule is Cc1cc(C2CC(=O)c3ccc(F)cc3O2)cc(C)c1O. The van der Waals surface area contributed by atoms with Crippen LogP contribution in [0.25, 0.3) is 0 Å². The maximum atomic E-state index is 13.3. The lowest BCUT2D eigenvalue weighted by atomic mass is 9.94. The molecule has 0 bridgehead atoms. The number of fused-ring (bicyclic) bond motifs is 1. The predicted octanol–water partition coefficient (Wildman–Crippen LogP) is 3.85. The molecule has 0 saturated heterocycles. The third-order valence-electron chi connectivity index (χ3n) is 3.77. The van der Waals surface area contributed by atoms with Crippen molar-refractivity contribution in [2.45, 2.75) is 26.4 Å². The van der Waals surface area contributed by atoms with Crippen molar-refractivity contribution in [3.63, 3.8) is 0 Å². The number of Topliss-reactive ketones (excluding diaryl/α,β-unsaturated/α-hetero) is 1. The van der Waals surface area contributed by atoms with Crippen molar-refractivity contribution in [3.05, 3.63) is 58.4 Å². The van der Waals surface area contributed by atoms with Crippen molar-refractivity contribution >= 4 is 5.78 Å². The van der Waals surface area contributed by atoms with E-state index in [4.69, 9.17) is 4.74 Å². The van der Waals surface area contributed by atoms with Crippen LogP contribution in [0.3, 0.4) is 0 Å². The molecule has 0 amide bonds. The topological polar surface area (TPSA) is 46.5 Å². The van der Waals surface area contributed by atoms with Crippen LogP contribution in [0.2, 0.25) is 0 Å². The Bertz CT molecular complexity index is 714. The highest BCUT2D eigenvalue weighted by Crippen LogP contribution is 2.37. The molecule has 1 heterocycles. The molecular formula is C17H15FO3. The third-order valence-corrected chi connectivity index (χ3v) is 3.77. The zero-order chi connectivity index (χ0) is 15.1. The van der Waals surface area contributed by atoms with Crippen LogP contribution in [0.15, 0.2) is 30.3 Å². The average Bonchev–Trinajstić information content (AvgIpc) is 2.43. The van der Waals surface area contributed by atoms with Crippen LogP contribution in [-0.4, -0.2) is 10.9 Å². The van der Waals surface area contributed by atoms with Crippen molar-refractivity contribution < 1.29 is 19.0 Å². The van der Waals surface area contributed by atoms with E-state index in [1.54, 1.807) is 26.0 Å². The van der Waals surface area contributed by atoms with Crippen LogP contribution in [0.4, 0.5) is 4.39 Å². The minimum Gasteiger partial charge on any atom is -0.507 e. The monoisotopic (exact) mass is 286 g/mol. The first-order valence-corrected chi connectivity index (χ1v) is 6.75. The molecule has 0 saturated carbocycles. The maximum Gasteiger partial charge on any atom is 0.170 e. The van der Waals surface area contributed by atoms with E-state index in [1.165, 1.54) is 18.2 Å². The highest BCUT2D eigenvalue weighted by Gasteiger charge is 2.28. The van der Waals surface area contributed by atoms with Gasteiger partial charge < -0.3 is 9.84 Å². The number of ether oxygens (including phenoxy) is 1. The van der Waals surface area contributed by atoms with Crippen LogP contribution in [-0.2, 0) is 0 Å². The molecule has 0 fully saturated rings. The lowest BCUT2D eigenvalue weighted by Gasteiger charge is -2.26. The second-order valence-electron chi connectivity index (χ2n) is 5.38. The minimum absolute atomic E-state index is 0.0652. The lowest BCUT2D eigenvalue weighted by molar-refractivity contribution is 0.0849. The number of phenols is 1. The number of carbonyl (C=O) groups is 1. The Morgan fingerprint density at radius 2 is 1.86 bits per heavy atom. The molecule has 3 nitrogen and oxygen atoms in total. The van der Waals surface area contributed by atoms with Gasteiger partial charge in [-0.25, -0.2) is 4.39 Å². The van der Waals surface area contributed by atoms with Gasteiger partial charge in [-0.1, -0.05) is 0 Å². The van der Waals surface area contributed by atoms with Gasteiger partial charge in [0.2, 0.25) is 0 Å². The Morgan fingerprint density at radius 3 is 2.52 bits per heavy atom. The van der Waals surface area contributed by atoms with E-state index in [-0.39, 0.29) is 23.7 Å². The Hall–Kier alpha value is -2.36. The summed E-state index contributed by atoms with van der Waals surface area (Å²) in [4.78, 5) is 12.2. The van der Waals surface area contributed by atoms with Gasteiger partial charge in [0.15, 0.2) is 5.78 Å². The first-order chi connectivity index (χ1) is 9.95. The van der Waals surface area contributed by atoms with Gasteiger partial charge in [-0.15, -0.1) is 0 Å². The highest BCUT2D eigenvalue weighted by atomic mass is 19.1. The van der Waals surface area contributed by atoms with Crippen molar-refractivity contribution in [1.29, 1.82) is 0 Å². The zero-order valence-corrected chi connectivity index (χ0v) is 11.8. The summed E-state index contributed by atoms with van der Waals surface area (Å²) in [5.74, 6) is 0.0249. The van der Waals surface area contributed by atoms with Crippen LogP contribution in [0.5, 0.6) is 11.5 Å². The van der Waals surface area contributed by atoms with Gasteiger partial charge >= 0.3 is 0 Å². The summed E-state index contributed by atoms with van der Waals surface area (Å²) in [7, 11) is 0. The molecule has 1 N–H and O–H groups in total. The fourth-order valence-electron chi connectivity index (χ4n) is 2.66. The highest BCUT2D eigenvalue weighted by molar-refractivity contribution is 6.00. The average molecular weight is 286 g/mol. The van der Waals surface area contributed by atoms with Gasteiger partial charge in [-0.05, 0) is 54.8 Å². The Labute approximate surface area is 122 Å². The number of aryl methyl sites for hydroxylation is 2. The van der Waals surface area contributed by atoms with Crippen molar-refractivity contribution in [3.8, 4) is 11.5 Å². The van der Waals surface area contributed by atoms with Gasteiger partial charge in [0, 0.05) is 6.07 Å². The molecule has 1 aliphatic heterocycles. The van der Waals surface area contributed by atoms with Crippen molar-refractivity contribution in [1.82, 2.24) is 0 Å². The number of hydrogen-bond donors (Lipinski definition) is 1. The lowest BCUT2D eigenvalue weighted by Crippen LogP contribution is -2.20. The molecule has 4 heteroatoms. The molecule has 1 unspecified atom stereocenters. The van der Waals surface area contributed by atoms with E-state index in [1.807, 2.05) is 0 Å². The summed E-state index contributed by atoms with van der Waals surface area (Å²) in [5, 5.41) is 9.82. The molecule has 1 atom stereocenters. The summed E-state index contributed by atoms with van der Waals surface area (Å²) in [5.41, 5.74) is 2.68. The second kappa shape index (κ2) is 4.88. The molecule has 0 radical (unpaired) electrons. The summed E-state index contributed by atoms with van der Waals surface area (Å²) < 4.78 is 19.1. The van der Waals surface area contributed by atoms with Gasteiger partial charge in [-0.3, -0.25) is 4.79 Å². The van der Waals surface area contributed by atoms with Crippen LogP contribution < -0.4 is 4.74 Å². The van der Waals surface area contributed by atoms with E-state index < -0.39 is 11.9 Å². The molecule has 21 heavy (non-hydrogen) atoms. The quantitative estimate of drug-likeness (QED) is 0.866. The summed E-state index contributed by atoms with van der Waals surface area (Å²) in [6.07, 6.45) is -0.243. The number of aromatic hydroxyl groups is 1. The summed E-state index contributed by atoms with van der Waals surface area (Å²) >= 11 is 0. The smallest absolute Gasteiger partial charge is 0.170 e. The van der Waals surface area contributed by atoms with Crippen LogP contribution in [0, 0.1) is 19.7 Å². The van der Waals surface area contributed by atoms with E-state index >= 15 is 0 Å². The first-order valence-electron chi connectivity index (χ1n) is 6.75. The number of rotatable bonds is 1. The first kappa shape index (κ1) is 13.6. The summed E-state index contributed by atoms with van der Waals surface area (Å²) in [6.45, 7) is 3.59. The number of carbonyl (C=O) groups excluding carboxylic acids is 1. The molecule has 108 valence electrons. The van der Waals surface area contributed by atoms with Gasteiger partial charge in [0.1, 0.15) is 23.4 Å². The van der Waals surface area contributed by atoms with E-state index in [9.17, 15) is 14.3 Å². The van der Waals surface area contributed by atoms with E-state index in [0.717, 1.165) is 16.7 Å². The Kier molecular flexibility index (Phi) is 3.16. The molecule has 2 aromatic rings. The Morgan fingerprint density at radius 1 is 1.19 bits per heavy atom. The fraction of sp³-hybridized carbons (Fsp3) is 0.235. The molecule has 0 aromatic heterocycles. The number of hydrogen-bond acceptors (Lipinski definition) is 3. The summed E-state index contributed by atoms with van der Waals surface area (Å²) in [6, 6.07) is 7.54. The van der Waals surface area contributed by atoms with Gasteiger partial charge in [0.25, 0.3) is 0 Å². The van der Waals surface area contributed by atoms with Crippen LogP contribution in [0.1, 0.15) is 39.6 Å². The van der Waals surface area contributed by atoms with E-state index in [2.05, 4.69) is 0 Å². The maximum absolute atomic E-state index is 13.3. The second-order valence-corrected chi connectivity index (χ2v) is 5.38. The van der Waals surface area contributed by atoms with Gasteiger partial charge in [-0.2, -0.15) is 0 Å². The number of ketones is 1. The zero-order valence-electron chi connectivity index (χ0n) is 11.8. The standard InChI is InChI=1S/C17H15FO3/c1-9-5-11(6-10(2)17(9)20)15-8-14(19)13-4-3-12(18)7-16(13)21-15/h3-7,15,20H,8H2,1-2H3. The van der Waals surface area contributed by atoms with Crippen molar-refractivity contribution in [2.75, 3.05) is 0 Å².